The van der Waals surface area contributed by atoms with E-state index in [0.29, 0.717) is 17.4 Å². The summed E-state index contributed by atoms with van der Waals surface area (Å²) in [7, 11) is 0. The third-order valence-corrected chi connectivity index (χ3v) is 1.55. The van der Waals surface area contributed by atoms with Crippen molar-refractivity contribution in [1.82, 2.24) is 0 Å². The molecule has 13 heavy (non-hydrogen) atoms. The van der Waals surface area contributed by atoms with Gasteiger partial charge in [-0.1, -0.05) is 24.3 Å². The highest BCUT2D eigenvalue weighted by Gasteiger charge is 2.01. The van der Waals surface area contributed by atoms with Crippen LogP contribution in [0.5, 0.6) is 0 Å². The smallest absolute Gasteiger partial charge is 0.404 e. The van der Waals surface area contributed by atoms with Gasteiger partial charge in [-0.25, -0.2) is 4.79 Å². The number of benzene rings is 1. The summed E-state index contributed by atoms with van der Waals surface area (Å²) in [6, 6.07) is 6.84. The normalized spacial score (nSPS) is 9.23. The van der Waals surface area contributed by atoms with E-state index in [4.69, 9.17) is 5.73 Å². The third-order valence-electron chi connectivity index (χ3n) is 1.55. The maximum Gasteiger partial charge on any atom is 0.404 e. The van der Waals surface area contributed by atoms with Gasteiger partial charge in [0.15, 0.2) is 0 Å². The second-order valence-electron chi connectivity index (χ2n) is 2.42. The highest BCUT2D eigenvalue weighted by Crippen LogP contribution is 2.07. The minimum atomic E-state index is -0.847. The van der Waals surface area contributed by atoms with Crippen LogP contribution >= 0.6 is 0 Å². The number of rotatable bonds is 3. The van der Waals surface area contributed by atoms with E-state index in [1.807, 2.05) is 0 Å². The summed E-state index contributed by atoms with van der Waals surface area (Å²) >= 11 is 0. The number of ether oxygens (including phenoxy) is 1. The highest BCUT2D eigenvalue weighted by molar-refractivity contribution is 5.77. The first-order valence-electron chi connectivity index (χ1n) is 3.69. The summed E-state index contributed by atoms with van der Waals surface area (Å²) in [4.78, 5) is 20.8. The van der Waals surface area contributed by atoms with Crippen molar-refractivity contribution in [3.63, 3.8) is 0 Å². The van der Waals surface area contributed by atoms with Gasteiger partial charge >= 0.3 is 6.09 Å². The van der Waals surface area contributed by atoms with Gasteiger partial charge in [0.05, 0.1) is 0 Å². The first-order valence-corrected chi connectivity index (χ1v) is 3.69. The lowest BCUT2D eigenvalue weighted by Gasteiger charge is -2.03. The second-order valence-corrected chi connectivity index (χ2v) is 2.42. The lowest BCUT2D eigenvalue weighted by atomic mass is 10.1. The number of hydrogen-bond donors (Lipinski definition) is 1. The first kappa shape index (κ1) is 9.25. The van der Waals surface area contributed by atoms with Crippen LogP contribution in [0.2, 0.25) is 0 Å². The molecule has 0 aliphatic carbocycles. The molecular formula is C9H9NO3. The summed E-state index contributed by atoms with van der Waals surface area (Å²) in [6.45, 7) is 0.0320. The van der Waals surface area contributed by atoms with Gasteiger partial charge in [0.25, 0.3) is 0 Å². The molecule has 0 spiro atoms. The van der Waals surface area contributed by atoms with Crippen molar-refractivity contribution in [3.8, 4) is 0 Å². The maximum atomic E-state index is 10.5. The predicted octanol–water partition coefficient (Wildman–Crippen LogP) is 1.09. The molecule has 1 amide bonds. The number of amides is 1. The molecule has 0 radical (unpaired) electrons. The molecule has 1 rings (SSSR count). The van der Waals surface area contributed by atoms with Crippen LogP contribution in [0.1, 0.15) is 15.9 Å². The Morgan fingerprint density at radius 2 is 2.15 bits per heavy atom. The Hall–Kier alpha value is -1.84. The molecule has 0 aliphatic heterocycles. The zero-order valence-electron chi connectivity index (χ0n) is 6.90. The molecule has 0 saturated heterocycles. The van der Waals surface area contributed by atoms with E-state index < -0.39 is 6.09 Å². The molecule has 4 nitrogen and oxygen atoms in total. The van der Waals surface area contributed by atoms with Crippen LogP contribution in [0.4, 0.5) is 4.79 Å². The Labute approximate surface area is 75.3 Å². The Bertz CT molecular complexity index is 322. The van der Waals surface area contributed by atoms with Gasteiger partial charge in [-0.2, -0.15) is 0 Å². The van der Waals surface area contributed by atoms with E-state index in [-0.39, 0.29) is 6.61 Å². The fourth-order valence-corrected chi connectivity index (χ4v) is 0.929. The molecule has 0 bridgehead atoms. The van der Waals surface area contributed by atoms with Gasteiger partial charge in [-0.3, -0.25) is 4.79 Å². The monoisotopic (exact) mass is 179 g/mol. The SMILES string of the molecule is NC(=O)OCc1ccccc1C=O. The molecule has 0 fully saturated rings. The number of carbonyl (C=O) groups excluding carboxylic acids is 2. The molecule has 68 valence electrons. The maximum absolute atomic E-state index is 10.5. The van der Waals surface area contributed by atoms with E-state index in [1.54, 1.807) is 24.3 Å². The molecule has 1 aromatic carbocycles. The molecular weight excluding hydrogens is 170 g/mol. The Balaban J connectivity index is 2.75. The van der Waals surface area contributed by atoms with Crippen molar-refractivity contribution in [3.05, 3.63) is 35.4 Å². The molecule has 0 aromatic heterocycles. The van der Waals surface area contributed by atoms with Crippen molar-refractivity contribution in [1.29, 1.82) is 0 Å². The second kappa shape index (κ2) is 4.25. The van der Waals surface area contributed by atoms with Crippen molar-refractivity contribution < 1.29 is 14.3 Å². The van der Waals surface area contributed by atoms with Crippen LogP contribution in [0.25, 0.3) is 0 Å². The van der Waals surface area contributed by atoms with E-state index in [0.717, 1.165) is 0 Å². The molecule has 0 heterocycles. The van der Waals surface area contributed by atoms with Gasteiger partial charge in [0.1, 0.15) is 12.9 Å². The van der Waals surface area contributed by atoms with Crippen LogP contribution in [0.3, 0.4) is 0 Å². The van der Waals surface area contributed by atoms with Crippen molar-refractivity contribution in [2.24, 2.45) is 5.73 Å². The van der Waals surface area contributed by atoms with Gasteiger partial charge in [-0.05, 0) is 5.56 Å². The third kappa shape index (κ3) is 2.59. The molecule has 0 aliphatic rings. The Morgan fingerprint density at radius 3 is 2.77 bits per heavy atom. The molecule has 1 aromatic rings. The Kier molecular flexibility index (Phi) is 3.03. The number of aldehydes is 1. The van der Waals surface area contributed by atoms with E-state index in [1.165, 1.54) is 0 Å². The van der Waals surface area contributed by atoms with Crippen LogP contribution in [-0.4, -0.2) is 12.4 Å². The van der Waals surface area contributed by atoms with Crippen molar-refractivity contribution >= 4 is 12.4 Å². The van der Waals surface area contributed by atoms with Crippen LogP contribution in [0.15, 0.2) is 24.3 Å². The molecule has 0 atom stereocenters. The molecule has 4 heteroatoms. The zero-order valence-corrected chi connectivity index (χ0v) is 6.90. The Morgan fingerprint density at radius 1 is 1.46 bits per heavy atom. The van der Waals surface area contributed by atoms with Crippen molar-refractivity contribution in [2.75, 3.05) is 0 Å². The minimum Gasteiger partial charge on any atom is -0.445 e. The van der Waals surface area contributed by atoms with Gasteiger partial charge in [0.2, 0.25) is 0 Å². The van der Waals surface area contributed by atoms with Crippen LogP contribution in [0, 0.1) is 0 Å². The van der Waals surface area contributed by atoms with E-state index in [9.17, 15) is 9.59 Å². The van der Waals surface area contributed by atoms with Crippen molar-refractivity contribution in [2.45, 2.75) is 6.61 Å². The molecule has 2 N–H and O–H groups in total. The zero-order chi connectivity index (χ0) is 9.68. The minimum absolute atomic E-state index is 0.0320. The summed E-state index contributed by atoms with van der Waals surface area (Å²) < 4.78 is 4.55. The standard InChI is InChI=1S/C9H9NO3/c10-9(12)13-6-8-4-2-1-3-7(8)5-11/h1-5H,6H2,(H2,10,12). The van der Waals surface area contributed by atoms with E-state index in [2.05, 4.69) is 4.74 Å². The van der Waals surface area contributed by atoms with E-state index >= 15 is 0 Å². The first-order chi connectivity index (χ1) is 6.24. The van der Waals surface area contributed by atoms with Crippen LogP contribution in [-0.2, 0) is 11.3 Å². The average molecular weight is 179 g/mol. The predicted molar refractivity (Wildman–Crippen MR) is 46.2 cm³/mol. The number of hydrogen-bond acceptors (Lipinski definition) is 3. The van der Waals surface area contributed by atoms with Gasteiger partial charge in [-0.15, -0.1) is 0 Å². The lowest BCUT2D eigenvalue weighted by Crippen LogP contribution is -2.13. The summed E-state index contributed by atoms with van der Waals surface area (Å²) in [5.74, 6) is 0. The van der Waals surface area contributed by atoms with Gasteiger partial charge < -0.3 is 10.5 Å². The average Bonchev–Trinajstić information content (AvgIpc) is 2.15. The largest absolute Gasteiger partial charge is 0.445 e. The number of primary amides is 1. The fraction of sp³-hybridized carbons (Fsp3) is 0.111. The number of carbonyl (C=O) groups is 2. The summed E-state index contributed by atoms with van der Waals surface area (Å²) in [5.41, 5.74) is 5.94. The molecule has 0 unspecified atom stereocenters. The quantitative estimate of drug-likeness (QED) is 0.706. The fourth-order valence-electron chi connectivity index (χ4n) is 0.929. The summed E-state index contributed by atoms with van der Waals surface area (Å²) in [5, 5.41) is 0. The van der Waals surface area contributed by atoms with Crippen LogP contribution < -0.4 is 5.73 Å². The summed E-state index contributed by atoms with van der Waals surface area (Å²) in [6.07, 6.45) is -0.139. The highest BCUT2D eigenvalue weighted by atomic mass is 16.5. The molecule has 0 saturated carbocycles. The lowest BCUT2D eigenvalue weighted by molar-refractivity contribution is 0.111. The van der Waals surface area contributed by atoms with Gasteiger partial charge in [0, 0.05) is 5.56 Å². The topological polar surface area (TPSA) is 69.4 Å². The number of nitrogens with two attached hydrogens (primary N) is 1.